The summed E-state index contributed by atoms with van der Waals surface area (Å²) in [6, 6.07) is 6.87. The highest BCUT2D eigenvalue weighted by Gasteiger charge is 2.21. The fraction of sp³-hybridized carbons (Fsp3) is 0.333. The first-order valence-corrected chi connectivity index (χ1v) is 10.2. The Morgan fingerprint density at radius 2 is 1.93 bits per heavy atom. The summed E-state index contributed by atoms with van der Waals surface area (Å²) in [5.74, 6) is 0.0537. The molecule has 0 unspecified atom stereocenters. The zero-order valence-corrected chi connectivity index (χ0v) is 18.0. The molecule has 2 heterocycles. The fourth-order valence-electron chi connectivity index (χ4n) is 2.80. The van der Waals surface area contributed by atoms with Crippen molar-refractivity contribution in [2.24, 2.45) is 5.92 Å². The summed E-state index contributed by atoms with van der Waals surface area (Å²) in [4.78, 5) is 42.7. The van der Waals surface area contributed by atoms with Crippen LogP contribution in [0.1, 0.15) is 29.1 Å². The Morgan fingerprint density at radius 3 is 2.57 bits per heavy atom. The number of rotatable bonds is 7. The minimum Gasteiger partial charge on any atom is -0.497 e. The highest BCUT2D eigenvalue weighted by atomic mass is 32.1. The second kappa shape index (κ2) is 9.08. The molecule has 0 aliphatic carbocycles. The molecule has 0 spiro atoms. The summed E-state index contributed by atoms with van der Waals surface area (Å²) >= 11 is 1.12. The summed E-state index contributed by atoms with van der Waals surface area (Å²) in [5, 5.41) is 3.06. The molecule has 3 aromatic rings. The van der Waals surface area contributed by atoms with Crippen LogP contribution >= 0.6 is 11.3 Å². The highest BCUT2D eigenvalue weighted by molar-refractivity contribution is 7.20. The van der Waals surface area contributed by atoms with E-state index in [0.29, 0.717) is 38.7 Å². The fourth-order valence-corrected chi connectivity index (χ4v) is 3.84. The summed E-state index contributed by atoms with van der Waals surface area (Å²) in [5.41, 5.74) is 0.734. The van der Waals surface area contributed by atoms with Crippen molar-refractivity contribution >= 4 is 39.1 Å². The average Bonchev–Trinajstić information content (AvgIpc) is 3.06. The number of amides is 1. The Hall–Kier alpha value is -3.20. The maximum atomic E-state index is 12.9. The molecule has 3 rings (SSSR count). The lowest BCUT2D eigenvalue weighted by Crippen LogP contribution is -2.27. The van der Waals surface area contributed by atoms with Crippen LogP contribution in [0, 0.1) is 12.8 Å². The van der Waals surface area contributed by atoms with Crippen LogP contribution in [0.25, 0.3) is 10.2 Å². The summed E-state index contributed by atoms with van der Waals surface area (Å²) in [7, 11) is 1.56. The van der Waals surface area contributed by atoms with Gasteiger partial charge in [-0.15, -0.1) is 11.3 Å². The molecule has 0 saturated heterocycles. The van der Waals surface area contributed by atoms with Gasteiger partial charge in [0.2, 0.25) is 5.91 Å². The third-order valence-electron chi connectivity index (χ3n) is 4.34. The van der Waals surface area contributed by atoms with Gasteiger partial charge in [-0.05, 0) is 42.7 Å². The number of thiophene rings is 1. The normalized spacial score (nSPS) is 11.0. The first kappa shape index (κ1) is 21.5. The monoisotopic (exact) mass is 429 g/mol. The predicted molar refractivity (Wildman–Crippen MR) is 115 cm³/mol. The zero-order valence-electron chi connectivity index (χ0n) is 17.2. The maximum Gasteiger partial charge on any atom is 0.348 e. The van der Waals surface area contributed by atoms with Gasteiger partial charge in [0.25, 0.3) is 5.56 Å². The third-order valence-corrected chi connectivity index (χ3v) is 5.52. The van der Waals surface area contributed by atoms with Gasteiger partial charge in [0.15, 0.2) is 0 Å². The number of benzene rings is 1. The van der Waals surface area contributed by atoms with Crippen molar-refractivity contribution in [2.45, 2.75) is 27.3 Å². The standard InChI is InChI=1S/C21H23N3O5S/c1-12(2)10-29-21(27)18-13(3)17-19(30-18)22-11-24(20(17)26)9-16(25)23-14-5-7-15(28-4)8-6-14/h5-8,11-12H,9-10H2,1-4H3,(H,23,25). The van der Waals surface area contributed by atoms with Gasteiger partial charge in [0, 0.05) is 5.69 Å². The quantitative estimate of drug-likeness (QED) is 0.579. The van der Waals surface area contributed by atoms with Gasteiger partial charge in [-0.25, -0.2) is 9.78 Å². The van der Waals surface area contributed by atoms with Gasteiger partial charge in [-0.1, -0.05) is 13.8 Å². The molecule has 2 aromatic heterocycles. The number of anilines is 1. The SMILES string of the molecule is COc1ccc(NC(=O)Cn2cnc3sc(C(=O)OCC(C)C)c(C)c3c2=O)cc1. The van der Waals surface area contributed by atoms with Crippen LogP contribution in [0.3, 0.4) is 0 Å². The molecule has 0 aliphatic rings. The molecule has 0 aliphatic heterocycles. The number of nitrogens with zero attached hydrogens (tertiary/aromatic N) is 2. The Balaban J connectivity index is 1.80. The number of hydrogen-bond acceptors (Lipinski definition) is 7. The van der Waals surface area contributed by atoms with Crippen molar-refractivity contribution in [3.63, 3.8) is 0 Å². The molecule has 0 fully saturated rings. The number of carbonyl (C=O) groups excluding carboxylic acids is 2. The Bertz CT molecular complexity index is 1130. The molecule has 158 valence electrons. The van der Waals surface area contributed by atoms with Crippen molar-refractivity contribution in [3.8, 4) is 5.75 Å². The van der Waals surface area contributed by atoms with Gasteiger partial charge < -0.3 is 14.8 Å². The van der Waals surface area contributed by atoms with Crippen LogP contribution in [0.4, 0.5) is 5.69 Å². The lowest BCUT2D eigenvalue weighted by molar-refractivity contribution is -0.116. The van der Waals surface area contributed by atoms with Crippen molar-refractivity contribution in [2.75, 3.05) is 19.0 Å². The molecule has 0 bridgehead atoms. The number of fused-ring (bicyclic) bond motifs is 1. The molecule has 0 saturated carbocycles. The molecule has 30 heavy (non-hydrogen) atoms. The number of aromatic nitrogens is 2. The van der Waals surface area contributed by atoms with Crippen molar-refractivity contribution < 1.29 is 19.1 Å². The number of aryl methyl sites for hydroxylation is 1. The smallest absolute Gasteiger partial charge is 0.348 e. The average molecular weight is 429 g/mol. The lowest BCUT2D eigenvalue weighted by Gasteiger charge is -2.08. The summed E-state index contributed by atoms with van der Waals surface area (Å²) < 4.78 is 11.6. The molecule has 8 nitrogen and oxygen atoms in total. The van der Waals surface area contributed by atoms with Crippen LogP contribution in [0.5, 0.6) is 5.75 Å². The van der Waals surface area contributed by atoms with Crippen molar-refractivity contribution in [1.82, 2.24) is 9.55 Å². The van der Waals surface area contributed by atoms with E-state index in [1.807, 2.05) is 13.8 Å². The van der Waals surface area contributed by atoms with Gasteiger partial charge in [0.1, 0.15) is 22.0 Å². The first-order chi connectivity index (χ1) is 14.3. The second-order valence-corrected chi connectivity index (χ2v) is 8.18. The molecule has 0 radical (unpaired) electrons. The van der Waals surface area contributed by atoms with Crippen LogP contribution < -0.4 is 15.6 Å². The third kappa shape index (κ3) is 4.68. The molecular formula is C21H23N3O5S. The Kier molecular flexibility index (Phi) is 6.51. The largest absolute Gasteiger partial charge is 0.497 e. The number of esters is 1. The van der Waals surface area contributed by atoms with Crippen LogP contribution in [0.15, 0.2) is 35.4 Å². The van der Waals surface area contributed by atoms with E-state index in [-0.39, 0.29) is 23.9 Å². The molecular weight excluding hydrogens is 406 g/mol. The second-order valence-electron chi connectivity index (χ2n) is 7.18. The van der Waals surface area contributed by atoms with E-state index in [1.165, 1.54) is 10.9 Å². The zero-order chi connectivity index (χ0) is 21.8. The van der Waals surface area contributed by atoms with Crippen LogP contribution in [-0.2, 0) is 16.1 Å². The van der Waals surface area contributed by atoms with Crippen LogP contribution in [0.2, 0.25) is 0 Å². The molecule has 1 N–H and O–H groups in total. The lowest BCUT2D eigenvalue weighted by atomic mass is 10.2. The van der Waals surface area contributed by atoms with Gasteiger partial charge in [-0.2, -0.15) is 0 Å². The van der Waals surface area contributed by atoms with Crippen LogP contribution in [-0.4, -0.2) is 35.1 Å². The topological polar surface area (TPSA) is 99.5 Å². The first-order valence-electron chi connectivity index (χ1n) is 9.39. The van der Waals surface area contributed by atoms with Gasteiger partial charge in [0.05, 0.1) is 25.4 Å². The van der Waals surface area contributed by atoms with Gasteiger partial charge >= 0.3 is 5.97 Å². The molecule has 1 aromatic carbocycles. The summed E-state index contributed by atoms with van der Waals surface area (Å²) in [6.45, 7) is 5.69. The van der Waals surface area contributed by atoms with E-state index in [1.54, 1.807) is 38.3 Å². The van der Waals surface area contributed by atoms with Crippen molar-refractivity contribution in [3.05, 3.63) is 51.4 Å². The number of methoxy groups -OCH3 is 1. The number of hydrogen-bond donors (Lipinski definition) is 1. The van der Waals surface area contributed by atoms with E-state index < -0.39 is 5.97 Å². The number of nitrogens with one attached hydrogen (secondary N) is 1. The van der Waals surface area contributed by atoms with Gasteiger partial charge in [-0.3, -0.25) is 14.2 Å². The maximum absolute atomic E-state index is 12.9. The van der Waals surface area contributed by atoms with E-state index >= 15 is 0 Å². The van der Waals surface area contributed by atoms with E-state index in [9.17, 15) is 14.4 Å². The summed E-state index contributed by atoms with van der Waals surface area (Å²) in [6.07, 6.45) is 1.32. The minimum absolute atomic E-state index is 0.198. The molecule has 1 amide bonds. The van der Waals surface area contributed by atoms with E-state index in [0.717, 1.165) is 11.3 Å². The predicted octanol–water partition coefficient (Wildman–Crippen LogP) is 3.23. The highest BCUT2D eigenvalue weighted by Crippen LogP contribution is 2.27. The molecule has 0 atom stereocenters. The minimum atomic E-state index is -0.465. The van der Waals surface area contributed by atoms with Crippen molar-refractivity contribution in [1.29, 1.82) is 0 Å². The molecule has 9 heteroatoms. The number of carbonyl (C=O) groups is 2. The Morgan fingerprint density at radius 1 is 1.23 bits per heavy atom. The number of ether oxygens (including phenoxy) is 2. The van der Waals surface area contributed by atoms with E-state index in [4.69, 9.17) is 9.47 Å². The Labute approximate surface area is 177 Å². The van der Waals surface area contributed by atoms with E-state index in [2.05, 4.69) is 10.3 Å².